The maximum atomic E-state index is 14.0. The number of rotatable bonds is 6. The van der Waals surface area contributed by atoms with Gasteiger partial charge in [-0.05, 0) is 30.7 Å². The fourth-order valence-corrected chi connectivity index (χ4v) is 4.21. The molecule has 4 rings (SSSR count). The first-order valence-corrected chi connectivity index (χ1v) is 11.4. The van der Waals surface area contributed by atoms with Gasteiger partial charge in [0.15, 0.2) is 5.96 Å². The molecule has 0 spiro atoms. The number of guanidine groups is 1. The third kappa shape index (κ3) is 5.72. The molecule has 2 saturated heterocycles. The molecule has 2 aliphatic heterocycles. The summed E-state index contributed by atoms with van der Waals surface area (Å²) in [6.45, 7) is 9.83. The van der Waals surface area contributed by atoms with E-state index in [2.05, 4.69) is 36.9 Å². The second-order valence-corrected chi connectivity index (χ2v) is 7.94. The minimum atomic E-state index is -0.212. The molecule has 3 heterocycles. The summed E-state index contributed by atoms with van der Waals surface area (Å²) in [5, 5.41) is 3.44. The molecule has 0 radical (unpaired) electrons. The van der Waals surface area contributed by atoms with E-state index < -0.39 is 0 Å². The fraction of sp³-hybridized carbons (Fsp3) is 0.522. The van der Waals surface area contributed by atoms with E-state index in [4.69, 9.17) is 9.73 Å². The number of morpholine rings is 1. The predicted octanol–water partition coefficient (Wildman–Crippen LogP) is 1.78. The van der Waals surface area contributed by atoms with E-state index in [0.29, 0.717) is 19.8 Å². The molecule has 8 nitrogen and oxygen atoms in total. The molecule has 0 bridgehead atoms. The van der Waals surface area contributed by atoms with Crippen LogP contribution in [0.25, 0.3) is 0 Å². The monoisotopic (exact) mass is 441 g/mol. The average Bonchev–Trinajstić information content (AvgIpc) is 2.85. The molecule has 1 N–H and O–H groups in total. The molecule has 0 aliphatic carbocycles. The number of hydrogen-bond acceptors (Lipinski definition) is 6. The van der Waals surface area contributed by atoms with Crippen molar-refractivity contribution >= 4 is 11.9 Å². The molecular weight excluding hydrogens is 409 g/mol. The number of benzene rings is 1. The first kappa shape index (κ1) is 22.4. The lowest BCUT2D eigenvalue weighted by molar-refractivity contribution is 0.0179. The average molecular weight is 442 g/mol. The first-order valence-electron chi connectivity index (χ1n) is 11.4. The third-order valence-corrected chi connectivity index (χ3v) is 5.88. The number of nitrogens with zero attached hydrogens (tertiary/aromatic N) is 6. The Morgan fingerprint density at radius 2 is 1.84 bits per heavy atom. The van der Waals surface area contributed by atoms with Crippen molar-refractivity contribution in [2.24, 2.45) is 4.99 Å². The highest BCUT2D eigenvalue weighted by Gasteiger charge is 2.25. The maximum absolute atomic E-state index is 14.0. The number of aliphatic imine (C=N–C) groups is 1. The van der Waals surface area contributed by atoms with E-state index in [-0.39, 0.29) is 11.9 Å². The summed E-state index contributed by atoms with van der Waals surface area (Å²) < 4.78 is 19.5. The van der Waals surface area contributed by atoms with Crippen LogP contribution in [-0.4, -0.2) is 91.3 Å². The van der Waals surface area contributed by atoms with Crippen LogP contribution in [0.2, 0.25) is 0 Å². The van der Waals surface area contributed by atoms with Gasteiger partial charge in [0.05, 0.1) is 25.8 Å². The van der Waals surface area contributed by atoms with Crippen LogP contribution in [-0.2, 0) is 4.74 Å². The van der Waals surface area contributed by atoms with E-state index in [9.17, 15) is 4.39 Å². The van der Waals surface area contributed by atoms with Gasteiger partial charge in [-0.2, -0.15) is 0 Å². The summed E-state index contributed by atoms with van der Waals surface area (Å²) in [4.78, 5) is 20.5. The molecule has 2 aromatic rings. The third-order valence-electron chi connectivity index (χ3n) is 5.88. The standard InChI is InChI=1S/C23H32FN7O/c1-2-25-22(30-9-11-31(12-10-30)23-26-7-4-8-27-23)28-18-21(29-13-15-32-16-14-29)19-5-3-6-20(24)17-19/h3-8,17,21H,2,9-16,18H2,1H3,(H,25,28). The highest BCUT2D eigenvalue weighted by molar-refractivity contribution is 5.80. The normalized spacial score (nSPS) is 19.1. The molecular formula is C23H32FN7O. The predicted molar refractivity (Wildman–Crippen MR) is 123 cm³/mol. The van der Waals surface area contributed by atoms with Crippen LogP contribution < -0.4 is 10.2 Å². The quantitative estimate of drug-likeness (QED) is 0.541. The summed E-state index contributed by atoms with van der Waals surface area (Å²) in [5.41, 5.74) is 0.956. The van der Waals surface area contributed by atoms with Crippen molar-refractivity contribution in [3.05, 3.63) is 54.1 Å². The summed E-state index contributed by atoms with van der Waals surface area (Å²) in [7, 11) is 0. The van der Waals surface area contributed by atoms with Crippen LogP contribution in [0.5, 0.6) is 0 Å². The van der Waals surface area contributed by atoms with E-state index in [1.165, 1.54) is 6.07 Å². The number of halogens is 1. The molecule has 9 heteroatoms. The number of nitrogens with one attached hydrogen (secondary N) is 1. The van der Waals surface area contributed by atoms with Gasteiger partial charge in [0.1, 0.15) is 5.82 Å². The molecule has 2 fully saturated rings. The highest BCUT2D eigenvalue weighted by Crippen LogP contribution is 2.23. The van der Waals surface area contributed by atoms with Gasteiger partial charge in [0, 0.05) is 58.2 Å². The van der Waals surface area contributed by atoms with Crippen molar-refractivity contribution < 1.29 is 9.13 Å². The van der Waals surface area contributed by atoms with Gasteiger partial charge >= 0.3 is 0 Å². The van der Waals surface area contributed by atoms with Gasteiger partial charge < -0.3 is 19.9 Å². The van der Waals surface area contributed by atoms with Crippen LogP contribution in [0.1, 0.15) is 18.5 Å². The second kappa shape index (κ2) is 11.2. The minimum absolute atomic E-state index is 0.0160. The Bertz CT molecular complexity index is 868. The zero-order chi connectivity index (χ0) is 22.2. The SMILES string of the molecule is CCNC(=NCC(c1cccc(F)c1)N1CCOCC1)N1CCN(c2ncccn2)CC1. The van der Waals surface area contributed by atoms with E-state index in [0.717, 1.165) is 63.3 Å². The molecule has 172 valence electrons. The van der Waals surface area contributed by atoms with Crippen LogP contribution >= 0.6 is 0 Å². The lowest BCUT2D eigenvalue weighted by atomic mass is 10.0. The van der Waals surface area contributed by atoms with Gasteiger partial charge in [-0.1, -0.05) is 12.1 Å². The van der Waals surface area contributed by atoms with Gasteiger partial charge in [-0.3, -0.25) is 9.89 Å². The van der Waals surface area contributed by atoms with E-state index in [1.54, 1.807) is 24.5 Å². The molecule has 1 aromatic carbocycles. The minimum Gasteiger partial charge on any atom is -0.379 e. The fourth-order valence-electron chi connectivity index (χ4n) is 4.21. The molecule has 2 aliphatic rings. The number of piperazine rings is 1. The maximum Gasteiger partial charge on any atom is 0.225 e. The van der Waals surface area contributed by atoms with Crippen LogP contribution in [0.15, 0.2) is 47.7 Å². The smallest absolute Gasteiger partial charge is 0.225 e. The molecule has 0 amide bonds. The molecule has 32 heavy (non-hydrogen) atoms. The van der Waals surface area contributed by atoms with Crippen molar-refractivity contribution in [1.82, 2.24) is 25.1 Å². The lowest BCUT2D eigenvalue weighted by Crippen LogP contribution is -2.53. The Labute approximate surface area is 189 Å². The van der Waals surface area contributed by atoms with Crippen molar-refractivity contribution in [2.75, 3.05) is 70.5 Å². The Morgan fingerprint density at radius 3 is 2.53 bits per heavy atom. The van der Waals surface area contributed by atoms with Gasteiger partial charge in [0.25, 0.3) is 0 Å². The van der Waals surface area contributed by atoms with Gasteiger partial charge in [-0.15, -0.1) is 0 Å². The largest absolute Gasteiger partial charge is 0.379 e. The summed E-state index contributed by atoms with van der Waals surface area (Å²) >= 11 is 0. The molecule has 0 saturated carbocycles. The second-order valence-electron chi connectivity index (χ2n) is 7.94. The lowest BCUT2D eigenvalue weighted by Gasteiger charge is -2.37. The van der Waals surface area contributed by atoms with Crippen molar-refractivity contribution in [2.45, 2.75) is 13.0 Å². The molecule has 1 atom stereocenters. The Kier molecular flexibility index (Phi) is 7.84. The van der Waals surface area contributed by atoms with Crippen molar-refractivity contribution in [1.29, 1.82) is 0 Å². The Balaban J connectivity index is 1.46. The van der Waals surface area contributed by atoms with Gasteiger partial charge in [-0.25, -0.2) is 14.4 Å². The number of anilines is 1. The first-order chi connectivity index (χ1) is 15.7. The van der Waals surface area contributed by atoms with Crippen molar-refractivity contribution in [3.8, 4) is 0 Å². The van der Waals surface area contributed by atoms with Crippen LogP contribution in [0, 0.1) is 5.82 Å². The van der Waals surface area contributed by atoms with E-state index in [1.807, 2.05) is 12.1 Å². The molecule has 1 aromatic heterocycles. The summed E-state index contributed by atoms with van der Waals surface area (Å²) in [6.07, 6.45) is 3.55. The molecule has 1 unspecified atom stereocenters. The van der Waals surface area contributed by atoms with Crippen LogP contribution in [0.4, 0.5) is 10.3 Å². The zero-order valence-corrected chi connectivity index (χ0v) is 18.7. The summed E-state index contributed by atoms with van der Waals surface area (Å²) in [5.74, 6) is 1.46. The zero-order valence-electron chi connectivity index (χ0n) is 18.7. The topological polar surface area (TPSA) is 69.1 Å². The number of aromatic nitrogens is 2. The van der Waals surface area contributed by atoms with E-state index >= 15 is 0 Å². The van der Waals surface area contributed by atoms with Crippen molar-refractivity contribution in [3.63, 3.8) is 0 Å². The number of hydrogen-bond donors (Lipinski definition) is 1. The highest BCUT2D eigenvalue weighted by atomic mass is 19.1. The number of ether oxygens (including phenoxy) is 1. The summed E-state index contributed by atoms with van der Waals surface area (Å²) in [6, 6.07) is 8.73. The Morgan fingerprint density at radius 1 is 1.09 bits per heavy atom. The van der Waals surface area contributed by atoms with Gasteiger partial charge in [0.2, 0.25) is 5.95 Å². The van der Waals surface area contributed by atoms with Crippen LogP contribution in [0.3, 0.4) is 0 Å². The Hall–Kier alpha value is -2.78.